The number of benzene rings is 3. The monoisotopic (exact) mass is 564 g/mol. The lowest BCUT2D eigenvalue weighted by Gasteiger charge is -2.17. The van der Waals surface area contributed by atoms with Crippen LogP contribution < -0.4 is 20.9 Å². The summed E-state index contributed by atoms with van der Waals surface area (Å²) in [5, 5.41) is 0.480. The molecule has 30 heavy (non-hydrogen) atoms. The van der Waals surface area contributed by atoms with Crippen LogP contribution in [0.15, 0.2) is 24.3 Å². The van der Waals surface area contributed by atoms with E-state index in [2.05, 4.69) is 0 Å². The van der Waals surface area contributed by atoms with Crippen molar-refractivity contribution < 1.29 is 9.47 Å². The molecule has 0 radical (unpaired) electrons. The molecule has 0 spiro atoms. The first-order valence-electron chi connectivity index (χ1n) is 7.72. The minimum atomic E-state index is -0.0427. The molecule has 0 unspecified atom stereocenters. The van der Waals surface area contributed by atoms with E-state index in [0.717, 1.165) is 0 Å². The largest absolute Gasteiger partial charge is 0.452 e. The van der Waals surface area contributed by atoms with Crippen LogP contribution in [0.5, 0.6) is 23.0 Å². The number of ether oxygens (including phenoxy) is 2. The van der Waals surface area contributed by atoms with Crippen molar-refractivity contribution in [3.8, 4) is 23.0 Å². The second-order valence-corrected chi connectivity index (χ2v) is 8.81. The lowest BCUT2D eigenvalue weighted by atomic mass is 10.2. The Morgan fingerprint density at radius 1 is 0.500 bits per heavy atom. The van der Waals surface area contributed by atoms with Crippen molar-refractivity contribution in [1.82, 2.24) is 0 Å². The lowest BCUT2D eigenvalue weighted by Crippen LogP contribution is -1.96. The molecule has 3 aromatic carbocycles. The Labute approximate surface area is 211 Å². The minimum Gasteiger partial charge on any atom is -0.452 e. The van der Waals surface area contributed by atoms with E-state index in [9.17, 15) is 0 Å². The van der Waals surface area contributed by atoms with Crippen molar-refractivity contribution in [3.63, 3.8) is 0 Å². The van der Waals surface area contributed by atoms with E-state index in [1.54, 1.807) is 0 Å². The van der Waals surface area contributed by atoms with E-state index in [1.165, 1.54) is 24.3 Å². The summed E-state index contributed by atoms with van der Waals surface area (Å²) in [5.41, 5.74) is 11.9. The van der Waals surface area contributed by atoms with Crippen molar-refractivity contribution in [2.45, 2.75) is 0 Å². The summed E-state index contributed by atoms with van der Waals surface area (Å²) in [6.07, 6.45) is 0. The van der Waals surface area contributed by atoms with Gasteiger partial charge in [0.15, 0.2) is 17.2 Å². The van der Waals surface area contributed by atoms with Crippen LogP contribution in [0.3, 0.4) is 0 Å². The fourth-order valence-corrected chi connectivity index (χ4v) is 4.02. The first-order chi connectivity index (χ1) is 14.0. The zero-order chi connectivity index (χ0) is 22.3. The zero-order valence-electron chi connectivity index (χ0n) is 14.3. The molecule has 0 aliphatic heterocycles. The predicted octanol–water partition coefficient (Wildman–Crippen LogP) is 9.66. The molecule has 0 fully saturated rings. The number of hydrogen-bond donors (Lipinski definition) is 2. The Balaban J connectivity index is 2.09. The van der Waals surface area contributed by atoms with Crippen LogP contribution in [0, 0.1) is 0 Å². The summed E-state index contributed by atoms with van der Waals surface area (Å²) in [6, 6.07) is 5.71. The van der Waals surface area contributed by atoms with Gasteiger partial charge in [0.05, 0.1) is 26.4 Å². The number of halogens is 8. The fraction of sp³-hybridized carbons (Fsp3) is 0. The van der Waals surface area contributed by atoms with Crippen molar-refractivity contribution >= 4 is 104 Å². The van der Waals surface area contributed by atoms with Gasteiger partial charge in [-0.3, -0.25) is 0 Å². The molecular formula is C18H8Cl8N2O2. The van der Waals surface area contributed by atoms with Crippen molar-refractivity contribution in [2.75, 3.05) is 11.5 Å². The van der Waals surface area contributed by atoms with Crippen LogP contribution in [-0.2, 0) is 0 Å². The minimum absolute atomic E-state index is 0.00145. The van der Waals surface area contributed by atoms with Gasteiger partial charge >= 0.3 is 0 Å². The quantitative estimate of drug-likeness (QED) is 0.243. The van der Waals surface area contributed by atoms with Crippen LogP contribution in [-0.4, -0.2) is 0 Å². The van der Waals surface area contributed by atoms with Crippen LogP contribution in [0.1, 0.15) is 0 Å². The second kappa shape index (κ2) is 9.35. The summed E-state index contributed by atoms with van der Waals surface area (Å²) < 4.78 is 11.5. The molecule has 0 aromatic heterocycles. The number of nitrogen functional groups attached to an aromatic ring is 2. The third kappa shape index (κ3) is 4.52. The smallest absolute Gasteiger partial charge is 0.168 e. The summed E-state index contributed by atoms with van der Waals surface area (Å²) >= 11 is 49.5. The molecule has 0 saturated heterocycles. The van der Waals surface area contributed by atoms with E-state index < -0.39 is 0 Å². The molecule has 3 aromatic rings. The number of nitrogens with two attached hydrogens (primary N) is 2. The molecule has 0 saturated carbocycles. The Kier molecular flexibility index (Phi) is 7.43. The third-order valence-corrected chi connectivity index (χ3v) is 6.69. The lowest BCUT2D eigenvalue weighted by molar-refractivity contribution is 0.461. The van der Waals surface area contributed by atoms with E-state index in [1.807, 2.05) is 0 Å². The van der Waals surface area contributed by atoms with Gasteiger partial charge in [0.1, 0.15) is 30.9 Å². The van der Waals surface area contributed by atoms with Gasteiger partial charge in [-0.2, -0.15) is 0 Å². The van der Waals surface area contributed by atoms with E-state index in [-0.39, 0.29) is 74.6 Å². The molecule has 158 valence electrons. The summed E-state index contributed by atoms with van der Waals surface area (Å²) in [6.45, 7) is 0. The molecule has 0 atom stereocenters. The van der Waals surface area contributed by atoms with Gasteiger partial charge in [0.25, 0.3) is 0 Å². The predicted molar refractivity (Wildman–Crippen MR) is 128 cm³/mol. The highest BCUT2D eigenvalue weighted by Gasteiger charge is 2.23. The Morgan fingerprint density at radius 3 is 1.47 bits per heavy atom. The number of hydrogen-bond acceptors (Lipinski definition) is 4. The molecule has 3 rings (SSSR count). The first kappa shape index (κ1) is 23.8. The number of rotatable bonds is 4. The van der Waals surface area contributed by atoms with Gasteiger partial charge in [0, 0.05) is 0 Å². The highest BCUT2D eigenvalue weighted by atomic mass is 35.5. The van der Waals surface area contributed by atoms with Crippen LogP contribution >= 0.6 is 92.8 Å². The molecule has 4 nitrogen and oxygen atoms in total. The van der Waals surface area contributed by atoms with Gasteiger partial charge in [-0.15, -0.1) is 0 Å². The molecule has 12 heteroatoms. The second-order valence-electron chi connectivity index (χ2n) is 5.70. The SMILES string of the molecule is Nc1cc(Cl)c(Cl)c(Oc2ccc(Cl)c(Oc3c(Cl)c(N)cc(Cl)c3Cl)c2Cl)c1Cl. The summed E-state index contributed by atoms with van der Waals surface area (Å²) in [5.74, 6) is 0.0289. The normalized spacial score (nSPS) is 10.9. The molecule has 0 bridgehead atoms. The third-order valence-electron chi connectivity index (χ3n) is 3.72. The van der Waals surface area contributed by atoms with Crippen LogP contribution in [0.25, 0.3) is 0 Å². The maximum Gasteiger partial charge on any atom is 0.168 e. The fourth-order valence-electron chi connectivity index (χ4n) is 2.28. The molecule has 0 heterocycles. The van der Waals surface area contributed by atoms with Crippen LogP contribution in [0.2, 0.25) is 40.2 Å². The highest BCUT2D eigenvalue weighted by molar-refractivity contribution is 6.46. The molecular weight excluding hydrogens is 560 g/mol. The number of anilines is 2. The van der Waals surface area contributed by atoms with E-state index in [0.29, 0.717) is 0 Å². The maximum atomic E-state index is 6.45. The molecule has 4 N–H and O–H groups in total. The van der Waals surface area contributed by atoms with E-state index in [4.69, 9.17) is 114 Å². The van der Waals surface area contributed by atoms with Crippen molar-refractivity contribution in [3.05, 3.63) is 64.4 Å². The molecule has 0 amide bonds. The average molecular weight is 568 g/mol. The van der Waals surface area contributed by atoms with Crippen LogP contribution in [0.4, 0.5) is 11.4 Å². The van der Waals surface area contributed by atoms with Gasteiger partial charge in [-0.1, -0.05) is 92.8 Å². The Hall–Kier alpha value is -0.820. The maximum absolute atomic E-state index is 6.45. The highest BCUT2D eigenvalue weighted by Crippen LogP contribution is 2.51. The Morgan fingerprint density at radius 2 is 0.967 bits per heavy atom. The zero-order valence-corrected chi connectivity index (χ0v) is 20.4. The van der Waals surface area contributed by atoms with Gasteiger partial charge < -0.3 is 20.9 Å². The average Bonchev–Trinajstić information content (AvgIpc) is 2.69. The van der Waals surface area contributed by atoms with Crippen molar-refractivity contribution in [1.29, 1.82) is 0 Å². The Bertz CT molecular complexity index is 1120. The summed E-state index contributed by atoms with van der Waals surface area (Å²) in [7, 11) is 0. The topological polar surface area (TPSA) is 70.5 Å². The molecule has 0 aliphatic rings. The van der Waals surface area contributed by atoms with E-state index >= 15 is 0 Å². The van der Waals surface area contributed by atoms with Gasteiger partial charge in [0.2, 0.25) is 0 Å². The van der Waals surface area contributed by atoms with Gasteiger partial charge in [-0.05, 0) is 24.3 Å². The first-order valence-corrected chi connectivity index (χ1v) is 10.7. The summed E-state index contributed by atoms with van der Waals surface area (Å²) in [4.78, 5) is 0. The van der Waals surface area contributed by atoms with Crippen molar-refractivity contribution in [2.24, 2.45) is 0 Å². The standard InChI is InChI=1S/C18H8Cl8N2O2/c19-5-1-2-10(29-17-11(22)6(20)3-8(27)13(17)24)15(26)16(5)30-18-12(23)7(21)4-9(28)14(18)25/h1-4H,27-28H2. The van der Waals surface area contributed by atoms with Gasteiger partial charge in [-0.25, -0.2) is 0 Å². The molecule has 0 aliphatic carbocycles.